The third-order valence-electron chi connectivity index (χ3n) is 4.38. The Morgan fingerprint density at radius 1 is 1.25 bits per heavy atom. The molecule has 0 saturated carbocycles. The van der Waals surface area contributed by atoms with Crippen LogP contribution in [0.2, 0.25) is 0 Å². The van der Waals surface area contributed by atoms with Gasteiger partial charge >= 0.3 is 6.03 Å². The van der Waals surface area contributed by atoms with Gasteiger partial charge in [-0.05, 0) is 31.9 Å². The molecule has 2 N–H and O–H groups in total. The summed E-state index contributed by atoms with van der Waals surface area (Å²) in [4.78, 5) is 25.9. The van der Waals surface area contributed by atoms with Gasteiger partial charge in [0.05, 0.1) is 11.4 Å². The van der Waals surface area contributed by atoms with Gasteiger partial charge in [-0.15, -0.1) is 0 Å². The lowest BCUT2D eigenvalue weighted by atomic mass is 10.1. The van der Waals surface area contributed by atoms with Gasteiger partial charge in [-0.1, -0.05) is 44.7 Å². The number of carbonyl (C=O) groups excluding carboxylic acids is 2. The lowest BCUT2D eigenvalue weighted by Crippen LogP contribution is -2.36. The van der Waals surface area contributed by atoms with Gasteiger partial charge in [0, 0.05) is 19.0 Å². The van der Waals surface area contributed by atoms with Gasteiger partial charge in [0.2, 0.25) is 5.91 Å². The van der Waals surface area contributed by atoms with Crippen molar-refractivity contribution in [3.8, 4) is 0 Å². The molecule has 5 heteroatoms. The highest BCUT2D eigenvalue weighted by Gasteiger charge is 2.24. The number of urea groups is 1. The molecular formula is C19H29N3O2. The number of para-hydroxylation sites is 2. The van der Waals surface area contributed by atoms with Crippen molar-refractivity contribution in [2.24, 2.45) is 0 Å². The van der Waals surface area contributed by atoms with Crippen LogP contribution in [0.5, 0.6) is 0 Å². The molecule has 0 aromatic heterocycles. The maximum atomic E-state index is 12.2. The van der Waals surface area contributed by atoms with Crippen molar-refractivity contribution in [3.63, 3.8) is 0 Å². The first kappa shape index (κ1) is 18.3. The van der Waals surface area contributed by atoms with Crippen LogP contribution in [0.1, 0.15) is 58.8 Å². The van der Waals surface area contributed by atoms with Crippen LogP contribution in [-0.4, -0.2) is 24.5 Å². The zero-order valence-electron chi connectivity index (χ0n) is 14.8. The van der Waals surface area contributed by atoms with Crippen molar-refractivity contribution in [1.82, 2.24) is 5.32 Å². The quantitative estimate of drug-likeness (QED) is 0.698. The summed E-state index contributed by atoms with van der Waals surface area (Å²) in [7, 11) is 0. The average molecular weight is 331 g/mol. The van der Waals surface area contributed by atoms with E-state index in [0.717, 1.165) is 24.9 Å². The molecule has 1 aliphatic rings. The summed E-state index contributed by atoms with van der Waals surface area (Å²) in [5.41, 5.74) is 1.47. The van der Waals surface area contributed by atoms with Gasteiger partial charge in [-0.2, -0.15) is 0 Å². The molecule has 1 aromatic carbocycles. The van der Waals surface area contributed by atoms with E-state index < -0.39 is 0 Å². The van der Waals surface area contributed by atoms with Crippen LogP contribution in [0, 0.1) is 0 Å². The molecule has 3 amide bonds. The molecule has 2 rings (SSSR count). The number of nitrogens with zero attached hydrogens (tertiary/aromatic N) is 1. The van der Waals surface area contributed by atoms with E-state index in [1.165, 1.54) is 19.3 Å². The molecule has 1 fully saturated rings. The van der Waals surface area contributed by atoms with Gasteiger partial charge in [0.25, 0.3) is 0 Å². The molecule has 132 valence electrons. The highest BCUT2D eigenvalue weighted by molar-refractivity contribution is 6.01. The van der Waals surface area contributed by atoms with E-state index in [1.807, 2.05) is 31.2 Å². The molecule has 0 bridgehead atoms. The predicted molar refractivity (Wildman–Crippen MR) is 98.4 cm³/mol. The normalized spacial score (nSPS) is 15.4. The van der Waals surface area contributed by atoms with Crippen molar-refractivity contribution in [2.75, 3.05) is 16.8 Å². The van der Waals surface area contributed by atoms with Gasteiger partial charge in [0.1, 0.15) is 0 Å². The minimum Gasteiger partial charge on any atom is -0.335 e. The minimum absolute atomic E-state index is 0.119. The van der Waals surface area contributed by atoms with Crippen molar-refractivity contribution in [3.05, 3.63) is 24.3 Å². The molecule has 1 saturated heterocycles. The highest BCUT2D eigenvalue weighted by Crippen LogP contribution is 2.29. The van der Waals surface area contributed by atoms with Gasteiger partial charge in [0.15, 0.2) is 0 Å². The number of hydrogen-bond donors (Lipinski definition) is 2. The first-order valence-corrected chi connectivity index (χ1v) is 9.08. The second-order valence-corrected chi connectivity index (χ2v) is 6.51. The number of anilines is 2. The van der Waals surface area contributed by atoms with Crippen LogP contribution in [0.15, 0.2) is 24.3 Å². The molecule has 1 unspecified atom stereocenters. The van der Waals surface area contributed by atoms with Crippen LogP contribution in [0.3, 0.4) is 0 Å². The minimum atomic E-state index is -0.211. The smallest absolute Gasteiger partial charge is 0.319 e. The summed E-state index contributed by atoms with van der Waals surface area (Å²) in [6.45, 7) is 4.94. The molecule has 1 heterocycles. The Balaban J connectivity index is 1.89. The second kappa shape index (κ2) is 9.30. The fourth-order valence-corrected chi connectivity index (χ4v) is 3.05. The highest BCUT2D eigenvalue weighted by atomic mass is 16.2. The number of unbranched alkanes of at least 4 members (excludes halogenated alkanes) is 3. The third kappa shape index (κ3) is 5.25. The van der Waals surface area contributed by atoms with Crippen molar-refractivity contribution >= 4 is 23.3 Å². The Morgan fingerprint density at radius 3 is 2.75 bits per heavy atom. The summed E-state index contributed by atoms with van der Waals surface area (Å²) < 4.78 is 0. The monoisotopic (exact) mass is 331 g/mol. The Bertz CT molecular complexity index is 559. The van der Waals surface area contributed by atoms with Crippen molar-refractivity contribution < 1.29 is 9.59 Å². The van der Waals surface area contributed by atoms with Crippen LogP contribution in [0.4, 0.5) is 16.2 Å². The van der Waals surface area contributed by atoms with Gasteiger partial charge in [-0.3, -0.25) is 4.79 Å². The summed E-state index contributed by atoms with van der Waals surface area (Å²) in [6, 6.07) is 7.41. The first-order chi connectivity index (χ1) is 11.6. The number of nitrogens with one attached hydrogen (secondary N) is 2. The lowest BCUT2D eigenvalue weighted by molar-refractivity contribution is -0.117. The molecule has 5 nitrogen and oxygen atoms in total. The van der Waals surface area contributed by atoms with Crippen molar-refractivity contribution in [1.29, 1.82) is 0 Å². The Hall–Kier alpha value is -2.04. The van der Waals surface area contributed by atoms with E-state index in [-0.39, 0.29) is 18.0 Å². The molecule has 1 aromatic rings. The molecule has 0 radical (unpaired) electrons. The van der Waals surface area contributed by atoms with E-state index >= 15 is 0 Å². The number of carbonyl (C=O) groups is 2. The largest absolute Gasteiger partial charge is 0.335 e. The second-order valence-electron chi connectivity index (χ2n) is 6.51. The topological polar surface area (TPSA) is 61.4 Å². The van der Waals surface area contributed by atoms with Crippen LogP contribution in [-0.2, 0) is 4.79 Å². The number of rotatable bonds is 8. The maximum absolute atomic E-state index is 12.2. The summed E-state index contributed by atoms with van der Waals surface area (Å²) in [5, 5.41) is 5.88. The Labute approximate surface area is 144 Å². The average Bonchev–Trinajstić information content (AvgIpc) is 2.98. The van der Waals surface area contributed by atoms with E-state index in [0.29, 0.717) is 18.7 Å². The van der Waals surface area contributed by atoms with E-state index in [4.69, 9.17) is 0 Å². The Morgan fingerprint density at radius 2 is 2.04 bits per heavy atom. The third-order valence-corrected chi connectivity index (χ3v) is 4.38. The zero-order chi connectivity index (χ0) is 17.4. The van der Waals surface area contributed by atoms with Crippen LogP contribution < -0.4 is 15.5 Å². The summed E-state index contributed by atoms with van der Waals surface area (Å²) in [5.74, 6) is 0.119. The standard InChI is InChI=1S/C19H29N3O2/c1-3-4-5-6-10-15(2)20-19(24)21-16-11-7-8-12-17(16)22-14-9-13-18(22)23/h7-8,11-12,15H,3-6,9-10,13-14H2,1-2H3,(H2,20,21,24). The Kier molecular flexibility index (Phi) is 7.09. The summed E-state index contributed by atoms with van der Waals surface area (Å²) in [6.07, 6.45) is 7.24. The number of amides is 3. The predicted octanol–water partition coefficient (Wildman–Crippen LogP) is 4.29. The van der Waals surface area contributed by atoms with E-state index in [2.05, 4.69) is 17.6 Å². The fourth-order valence-electron chi connectivity index (χ4n) is 3.05. The molecular weight excluding hydrogens is 302 g/mol. The molecule has 1 aliphatic heterocycles. The number of benzene rings is 1. The van der Waals surface area contributed by atoms with E-state index in [1.54, 1.807) is 4.90 Å². The van der Waals surface area contributed by atoms with Gasteiger partial charge < -0.3 is 15.5 Å². The molecule has 0 aliphatic carbocycles. The van der Waals surface area contributed by atoms with Gasteiger partial charge in [-0.25, -0.2) is 4.79 Å². The maximum Gasteiger partial charge on any atom is 0.319 e. The molecule has 24 heavy (non-hydrogen) atoms. The number of hydrogen-bond acceptors (Lipinski definition) is 2. The fraction of sp³-hybridized carbons (Fsp3) is 0.579. The van der Waals surface area contributed by atoms with Crippen LogP contribution in [0.25, 0.3) is 0 Å². The zero-order valence-corrected chi connectivity index (χ0v) is 14.8. The lowest BCUT2D eigenvalue weighted by Gasteiger charge is -2.21. The van der Waals surface area contributed by atoms with E-state index in [9.17, 15) is 9.59 Å². The van der Waals surface area contributed by atoms with Crippen molar-refractivity contribution in [2.45, 2.75) is 64.8 Å². The van der Waals surface area contributed by atoms with Crippen LogP contribution >= 0.6 is 0 Å². The molecule has 1 atom stereocenters. The SMILES string of the molecule is CCCCCCC(C)NC(=O)Nc1ccccc1N1CCCC1=O. The summed E-state index contributed by atoms with van der Waals surface area (Å²) >= 11 is 0. The molecule has 0 spiro atoms. The first-order valence-electron chi connectivity index (χ1n) is 9.08.